The van der Waals surface area contributed by atoms with E-state index in [0.717, 1.165) is 12.8 Å². The molecule has 0 unspecified atom stereocenters. The summed E-state index contributed by atoms with van der Waals surface area (Å²) >= 11 is 0. The molecule has 0 bridgehead atoms. The van der Waals surface area contributed by atoms with Gasteiger partial charge in [0.15, 0.2) is 0 Å². The molecule has 2 rings (SSSR count). The van der Waals surface area contributed by atoms with Crippen LogP contribution in [0, 0.1) is 12.2 Å². The molecule has 0 amide bonds. The molecule has 0 spiro atoms. The van der Waals surface area contributed by atoms with Gasteiger partial charge in [-0.25, -0.2) is 22.5 Å². The van der Waals surface area contributed by atoms with Gasteiger partial charge in [-0.15, -0.1) is 0 Å². The minimum Gasteiger partial charge on any atom is -1.00 e. The van der Waals surface area contributed by atoms with Gasteiger partial charge in [0.2, 0.25) is 0 Å². The van der Waals surface area contributed by atoms with Gasteiger partial charge in [0.1, 0.15) is 0 Å². The van der Waals surface area contributed by atoms with Crippen molar-refractivity contribution < 1.29 is 51.0 Å². The van der Waals surface area contributed by atoms with Crippen LogP contribution < -0.4 is 24.8 Å². The van der Waals surface area contributed by atoms with Crippen LogP contribution in [0.3, 0.4) is 0 Å². The van der Waals surface area contributed by atoms with Crippen molar-refractivity contribution in [3.8, 4) is 0 Å². The third-order valence-corrected chi connectivity index (χ3v) is 7.43. The van der Waals surface area contributed by atoms with E-state index < -0.39 is 16.1 Å². The molecule has 0 saturated carbocycles. The monoisotopic (exact) mass is 462 g/mol. The fraction of sp³-hybridized carbons (Fsp3) is 0.556. The van der Waals surface area contributed by atoms with E-state index >= 15 is 0 Å². The summed E-state index contributed by atoms with van der Waals surface area (Å²) in [6, 6.07) is 0. The van der Waals surface area contributed by atoms with Crippen molar-refractivity contribution in [3.05, 3.63) is 45.8 Å². The molecule has 0 fully saturated rings. The minimum absolute atomic E-state index is 0. The zero-order chi connectivity index (χ0) is 15.6. The molecule has 2 aliphatic rings. The van der Waals surface area contributed by atoms with E-state index in [0.29, 0.717) is 0 Å². The van der Waals surface area contributed by atoms with Gasteiger partial charge in [0.25, 0.3) is 0 Å². The van der Waals surface area contributed by atoms with E-state index in [9.17, 15) is 0 Å². The van der Waals surface area contributed by atoms with Gasteiger partial charge < -0.3 is 24.8 Å². The third kappa shape index (κ3) is 10.4. The van der Waals surface area contributed by atoms with Crippen LogP contribution in [-0.2, 0) is 26.2 Å². The van der Waals surface area contributed by atoms with Crippen LogP contribution in [0.5, 0.6) is 0 Å². The fourth-order valence-corrected chi connectivity index (χ4v) is 4.77. The molecule has 0 saturated heterocycles. The maximum Gasteiger partial charge on any atom is 4.00 e. The molecule has 0 radical (unpaired) electrons. The quantitative estimate of drug-likeness (QED) is 0.395. The summed E-state index contributed by atoms with van der Waals surface area (Å²) < 4.78 is 0. The minimum atomic E-state index is -1.04. The van der Waals surface area contributed by atoms with Crippen LogP contribution in [0.1, 0.15) is 26.7 Å². The summed E-state index contributed by atoms with van der Waals surface area (Å²) in [7, 11) is -2.07. The van der Waals surface area contributed by atoms with Crippen molar-refractivity contribution >= 4 is 16.1 Å². The Morgan fingerprint density at radius 1 is 0.696 bits per heavy atom. The van der Waals surface area contributed by atoms with Gasteiger partial charge in [-0.1, -0.05) is 66.0 Å². The molecule has 0 aromatic rings. The first-order valence-corrected chi connectivity index (χ1v) is 14.6. The molecular formula is C18H30Cl2Si2Zr. The Morgan fingerprint density at radius 2 is 0.957 bits per heavy atom. The largest absolute Gasteiger partial charge is 4.00 e. The van der Waals surface area contributed by atoms with Gasteiger partial charge >= 0.3 is 26.2 Å². The van der Waals surface area contributed by atoms with Gasteiger partial charge in [-0.2, -0.15) is 11.1 Å². The van der Waals surface area contributed by atoms with Crippen LogP contribution in [0.2, 0.25) is 39.3 Å². The predicted octanol–water partition coefficient (Wildman–Crippen LogP) is -0.108. The number of halogens is 2. The Labute approximate surface area is 177 Å². The van der Waals surface area contributed by atoms with Crippen molar-refractivity contribution in [1.82, 2.24) is 0 Å². The second-order valence-corrected chi connectivity index (χ2v) is 18.0. The number of hydrogen-bond donors (Lipinski definition) is 0. The van der Waals surface area contributed by atoms with Gasteiger partial charge in [0, 0.05) is 16.1 Å². The van der Waals surface area contributed by atoms with Crippen LogP contribution >= 0.6 is 0 Å². The summed E-state index contributed by atoms with van der Waals surface area (Å²) in [5.41, 5.74) is 2.80. The zero-order valence-electron chi connectivity index (χ0n) is 15.8. The molecule has 23 heavy (non-hydrogen) atoms. The van der Waals surface area contributed by atoms with Crippen molar-refractivity contribution in [1.29, 1.82) is 0 Å². The number of hydrogen-bond acceptors (Lipinski definition) is 0. The Morgan fingerprint density at radius 3 is 1.04 bits per heavy atom. The van der Waals surface area contributed by atoms with Gasteiger partial charge in [-0.05, 0) is 0 Å². The van der Waals surface area contributed by atoms with E-state index in [-0.39, 0.29) is 51.0 Å². The third-order valence-electron chi connectivity index (χ3n) is 3.54. The maximum atomic E-state index is 3.43. The summed E-state index contributed by atoms with van der Waals surface area (Å²) in [4.78, 5) is 0. The zero-order valence-corrected chi connectivity index (χ0v) is 21.8. The van der Waals surface area contributed by atoms with E-state index in [2.05, 4.69) is 77.4 Å². The van der Waals surface area contributed by atoms with Crippen molar-refractivity contribution in [2.24, 2.45) is 0 Å². The summed E-state index contributed by atoms with van der Waals surface area (Å²) in [5.74, 6) is 0. The Bertz CT molecular complexity index is 444. The first-order valence-electron chi connectivity index (χ1n) is 7.60. The van der Waals surface area contributed by atoms with E-state index in [1.807, 2.05) is 0 Å². The van der Waals surface area contributed by atoms with Gasteiger partial charge in [-0.3, -0.25) is 12.2 Å². The number of rotatable bonds is 2. The molecule has 0 aromatic carbocycles. The standard InChI is InChI=1S/2C9H15Si.2ClH.Zr/c2*1-8-5-6-9(7-8)10(2,3)4;;;/h2*6H,5H2,1-4H3;2*1H;/q2*-1;;;+4/p-2. The summed E-state index contributed by atoms with van der Waals surface area (Å²) in [6.45, 7) is 18.5. The molecule has 0 aliphatic heterocycles. The Balaban J connectivity index is -0.000000308. The number of allylic oxidation sites excluding steroid dienone is 8. The van der Waals surface area contributed by atoms with E-state index in [4.69, 9.17) is 0 Å². The van der Waals surface area contributed by atoms with Crippen LogP contribution in [0.4, 0.5) is 0 Å². The second-order valence-electron chi connectivity index (χ2n) is 7.95. The molecule has 0 nitrogen and oxygen atoms in total. The van der Waals surface area contributed by atoms with E-state index in [1.54, 1.807) is 0 Å². The first-order chi connectivity index (χ1) is 9.00. The van der Waals surface area contributed by atoms with Crippen molar-refractivity contribution in [2.75, 3.05) is 0 Å². The summed E-state index contributed by atoms with van der Waals surface area (Å²) in [6.07, 6.45) is 13.8. The maximum absolute atomic E-state index is 3.43. The van der Waals surface area contributed by atoms with Crippen LogP contribution in [0.15, 0.2) is 33.7 Å². The molecule has 0 heterocycles. The smallest absolute Gasteiger partial charge is 1.00 e. The topological polar surface area (TPSA) is 0 Å². The SMILES string of the molecule is CC1=[C-]C([Si](C)(C)C)=CC1.CC1=[C-]C([Si](C)(C)C)=CC1.[Cl-].[Cl-].[Zr+4]. The van der Waals surface area contributed by atoms with Crippen LogP contribution in [0.25, 0.3) is 0 Å². The normalized spacial score (nSPS) is 16.3. The molecule has 5 heteroatoms. The molecular weight excluding hydrogens is 434 g/mol. The summed E-state index contributed by atoms with van der Waals surface area (Å²) in [5, 5.41) is 3.01. The molecule has 128 valence electrons. The second kappa shape index (κ2) is 11.5. The first kappa shape index (κ1) is 28.7. The van der Waals surface area contributed by atoms with E-state index in [1.165, 1.54) is 21.5 Å². The molecule has 0 N–H and O–H groups in total. The predicted molar refractivity (Wildman–Crippen MR) is 97.0 cm³/mol. The van der Waals surface area contributed by atoms with Crippen molar-refractivity contribution in [3.63, 3.8) is 0 Å². The molecule has 0 aromatic heterocycles. The van der Waals surface area contributed by atoms with Crippen LogP contribution in [-0.4, -0.2) is 16.1 Å². The average molecular weight is 465 g/mol. The van der Waals surface area contributed by atoms with Crippen molar-refractivity contribution in [2.45, 2.75) is 66.0 Å². The molecule has 0 atom stereocenters. The Hall–Kier alpha value is 0.857. The van der Waals surface area contributed by atoms with Gasteiger partial charge in [0.05, 0.1) is 0 Å². The average Bonchev–Trinajstić information content (AvgIpc) is 2.85. The Kier molecular flexibility index (Phi) is 14.3. The fourth-order valence-electron chi connectivity index (χ4n) is 2.16. The molecule has 2 aliphatic carbocycles.